The molecule has 2 heterocycles. The summed E-state index contributed by atoms with van der Waals surface area (Å²) in [6.07, 6.45) is 0. The van der Waals surface area contributed by atoms with Gasteiger partial charge in [-0.05, 0) is 70.8 Å². The van der Waals surface area contributed by atoms with Crippen LogP contribution >= 0.6 is 22.7 Å². The number of aromatic nitrogens is 2. The molecule has 0 saturated heterocycles. The van der Waals surface area contributed by atoms with Crippen molar-refractivity contribution in [3.05, 3.63) is 121 Å². The van der Waals surface area contributed by atoms with Crippen LogP contribution in [0.15, 0.2) is 115 Å². The third kappa shape index (κ3) is 4.06. The van der Waals surface area contributed by atoms with Gasteiger partial charge in [0.25, 0.3) is 0 Å². The standard InChI is InChI=1S/C33H19N3S2/c34-20-23-7-1-2-8-27(23)22-15-13-21(14-16-22)24-17-25(32-35-28-9-3-5-11-30(28)37-32)19-26(18-24)33-36-29-10-4-6-12-31(29)38-33/h1-19H. The number of rotatable bonds is 4. The first kappa shape index (κ1) is 22.6. The van der Waals surface area contributed by atoms with E-state index in [4.69, 9.17) is 9.97 Å². The highest BCUT2D eigenvalue weighted by Gasteiger charge is 2.14. The summed E-state index contributed by atoms with van der Waals surface area (Å²) in [6, 6.07) is 41.6. The Bertz CT molecular complexity index is 1830. The van der Waals surface area contributed by atoms with Gasteiger partial charge < -0.3 is 0 Å². The van der Waals surface area contributed by atoms with Crippen LogP contribution in [0.4, 0.5) is 0 Å². The molecule has 0 bridgehead atoms. The molecule has 0 saturated carbocycles. The second-order valence-electron chi connectivity index (χ2n) is 9.01. The van der Waals surface area contributed by atoms with E-state index in [9.17, 15) is 5.26 Å². The molecule has 7 aromatic rings. The summed E-state index contributed by atoms with van der Waals surface area (Å²) in [7, 11) is 0. The average Bonchev–Trinajstić information content (AvgIpc) is 3.62. The lowest BCUT2D eigenvalue weighted by Gasteiger charge is -2.10. The van der Waals surface area contributed by atoms with E-state index in [0.717, 1.165) is 54.4 Å². The maximum absolute atomic E-state index is 9.53. The number of hydrogen-bond acceptors (Lipinski definition) is 5. The number of hydrogen-bond donors (Lipinski definition) is 0. The number of fused-ring (bicyclic) bond motifs is 2. The van der Waals surface area contributed by atoms with E-state index >= 15 is 0 Å². The zero-order valence-corrected chi connectivity index (χ0v) is 21.8. The van der Waals surface area contributed by atoms with Crippen LogP contribution in [0.1, 0.15) is 5.56 Å². The van der Waals surface area contributed by atoms with Crippen molar-refractivity contribution in [3.63, 3.8) is 0 Å². The molecule has 178 valence electrons. The Balaban J connectivity index is 1.37. The Morgan fingerprint density at radius 1 is 0.500 bits per heavy atom. The molecule has 7 rings (SSSR count). The van der Waals surface area contributed by atoms with Crippen LogP contribution in [0.2, 0.25) is 0 Å². The van der Waals surface area contributed by atoms with Crippen molar-refractivity contribution >= 4 is 43.1 Å². The lowest BCUT2D eigenvalue weighted by molar-refractivity contribution is 1.45. The molecule has 3 nitrogen and oxygen atoms in total. The number of nitrogens with zero attached hydrogens (tertiary/aromatic N) is 3. The number of thiazole rings is 2. The summed E-state index contributed by atoms with van der Waals surface area (Å²) < 4.78 is 2.35. The maximum atomic E-state index is 9.53. The minimum Gasteiger partial charge on any atom is -0.236 e. The van der Waals surface area contributed by atoms with Crippen molar-refractivity contribution < 1.29 is 0 Å². The van der Waals surface area contributed by atoms with E-state index in [1.165, 1.54) is 9.40 Å². The summed E-state index contributed by atoms with van der Waals surface area (Å²) in [5.74, 6) is 0. The molecule has 0 aliphatic carbocycles. The lowest BCUT2D eigenvalue weighted by Crippen LogP contribution is -1.87. The number of nitriles is 1. The highest BCUT2D eigenvalue weighted by atomic mass is 32.1. The van der Waals surface area contributed by atoms with Gasteiger partial charge in [0.2, 0.25) is 0 Å². The zero-order chi connectivity index (χ0) is 25.5. The first-order valence-corrected chi connectivity index (χ1v) is 13.9. The fourth-order valence-electron chi connectivity index (χ4n) is 4.71. The summed E-state index contributed by atoms with van der Waals surface area (Å²) in [4.78, 5) is 9.88. The van der Waals surface area contributed by atoms with Crippen molar-refractivity contribution in [1.29, 1.82) is 5.26 Å². The van der Waals surface area contributed by atoms with Crippen molar-refractivity contribution in [1.82, 2.24) is 9.97 Å². The summed E-state index contributed by atoms with van der Waals surface area (Å²) in [5.41, 5.74) is 9.05. The van der Waals surface area contributed by atoms with E-state index in [1.807, 2.05) is 36.4 Å². The van der Waals surface area contributed by atoms with E-state index in [0.29, 0.717) is 5.56 Å². The average molecular weight is 522 g/mol. The molecular formula is C33H19N3S2. The number of para-hydroxylation sites is 2. The minimum absolute atomic E-state index is 0.677. The fourth-order valence-corrected chi connectivity index (χ4v) is 6.61. The molecule has 5 heteroatoms. The van der Waals surface area contributed by atoms with Gasteiger partial charge in [0.15, 0.2) is 0 Å². The van der Waals surface area contributed by atoms with Crippen LogP contribution in [-0.4, -0.2) is 9.97 Å². The molecule has 5 aromatic carbocycles. The number of benzene rings is 5. The third-order valence-electron chi connectivity index (χ3n) is 6.59. The van der Waals surface area contributed by atoms with Gasteiger partial charge in [0.1, 0.15) is 10.0 Å². The van der Waals surface area contributed by atoms with E-state index < -0.39 is 0 Å². The normalized spacial score (nSPS) is 11.1. The molecule has 0 fully saturated rings. The smallest absolute Gasteiger partial charge is 0.124 e. The van der Waals surface area contributed by atoms with Crippen LogP contribution < -0.4 is 0 Å². The van der Waals surface area contributed by atoms with Gasteiger partial charge in [-0.25, -0.2) is 9.97 Å². The Hall–Kier alpha value is -4.63. The topological polar surface area (TPSA) is 49.6 Å². The lowest BCUT2D eigenvalue weighted by atomic mass is 9.96. The zero-order valence-electron chi connectivity index (χ0n) is 20.1. The first-order valence-electron chi connectivity index (χ1n) is 12.2. The molecule has 0 atom stereocenters. The van der Waals surface area contributed by atoms with Gasteiger partial charge in [-0.3, -0.25) is 0 Å². The molecule has 38 heavy (non-hydrogen) atoms. The van der Waals surface area contributed by atoms with Crippen LogP contribution in [0.25, 0.3) is 63.8 Å². The van der Waals surface area contributed by atoms with Crippen LogP contribution in [0.5, 0.6) is 0 Å². The Labute approximate surface area is 228 Å². The molecule has 0 unspecified atom stereocenters. The Morgan fingerprint density at radius 2 is 1.00 bits per heavy atom. The van der Waals surface area contributed by atoms with Crippen molar-refractivity contribution in [2.24, 2.45) is 0 Å². The van der Waals surface area contributed by atoms with Crippen molar-refractivity contribution in [2.75, 3.05) is 0 Å². The molecule has 0 aliphatic heterocycles. The van der Waals surface area contributed by atoms with Crippen molar-refractivity contribution in [3.8, 4) is 49.5 Å². The maximum Gasteiger partial charge on any atom is 0.124 e. The van der Waals surface area contributed by atoms with Gasteiger partial charge in [-0.2, -0.15) is 5.26 Å². The predicted molar refractivity (Wildman–Crippen MR) is 159 cm³/mol. The highest BCUT2D eigenvalue weighted by molar-refractivity contribution is 7.22. The first-order chi connectivity index (χ1) is 18.7. The molecule has 0 spiro atoms. The summed E-state index contributed by atoms with van der Waals surface area (Å²) in [5, 5.41) is 11.5. The predicted octanol–water partition coefficient (Wildman–Crippen LogP) is 9.45. The molecule has 0 N–H and O–H groups in total. The van der Waals surface area contributed by atoms with Crippen LogP contribution in [0.3, 0.4) is 0 Å². The SMILES string of the molecule is N#Cc1ccccc1-c1ccc(-c2cc(-c3nc4ccccc4s3)cc(-c3nc4ccccc4s3)c2)cc1. The largest absolute Gasteiger partial charge is 0.236 e. The second kappa shape index (κ2) is 9.35. The van der Waals surface area contributed by atoms with E-state index in [2.05, 4.69) is 84.9 Å². The van der Waals surface area contributed by atoms with E-state index in [-0.39, 0.29) is 0 Å². The van der Waals surface area contributed by atoms with Crippen LogP contribution in [-0.2, 0) is 0 Å². The van der Waals surface area contributed by atoms with Gasteiger partial charge >= 0.3 is 0 Å². The van der Waals surface area contributed by atoms with E-state index in [1.54, 1.807) is 22.7 Å². The van der Waals surface area contributed by atoms with Gasteiger partial charge in [0, 0.05) is 11.1 Å². The molecular weight excluding hydrogens is 503 g/mol. The molecule has 0 radical (unpaired) electrons. The Kier molecular flexibility index (Phi) is 5.55. The molecule has 0 amide bonds. The van der Waals surface area contributed by atoms with Gasteiger partial charge in [-0.1, -0.05) is 66.7 Å². The summed E-state index contributed by atoms with van der Waals surface area (Å²) >= 11 is 3.42. The third-order valence-corrected chi connectivity index (χ3v) is 8.76. The quantitative estimate of drug-likeness (QED) is 0.232. The monoisotopic (exact) mass is 521 g/mol. The summed E-state index contributed by atoms with van der Waals surface area (Å²) in [6.45, 7) is 0. The molecule has 2 aromatic heterocycles. The van der Waals surface area contributed by atoms with Crippen LogP contribution in [0, 0.1) is 11.3 Å². The molecule has 0 aliphatic rings. The minimum atomic E-state index is 0.677. The highest BCUT2D eigenvalue weighted by Crippen LogP contribution is 2.38. The van der Waals surface area contributed by atoms with Crippen molar-refractivity contribution in [2.45, 2.75) is 0 Å². The van der Waals surface area contributed by atoms with Gasteiger partial charge in [-0.15, -0.1) is 22.7 Å². The van der Waals surface area contributed by atoms with Gasteiger partial charge in [0.05, 0.1) is 32.1 Å². The fraction of sp³-hybridized carbons (Fsp3) is 0. The Morgan fingerprint density at radius 3 is 1.58 bits per heavy atom. The second-order valence-corrected chi connectivity index (χ2v) is 11.1.